The summed E-state index contributed by atoms with van der Waals surface area (Å²) in [5.41, 5.74) is 4.41. The van der Waals surface area contributed by atoms with Crippen molar-refractivity contribution < 1.29 is 14.3 Å². The summed E-state index contributed by atoms with van der Waals surface area (Å²) in [4.78, 5) is 11.9. The molecule has 0 spiro atoms. The van der Waals surface area contributed by atoms with Gasteiger partial charge in [-0.1, -0.05) is 40.2 Å². The molecule has 1 N–H and O–H groups in total. The van der Waals surface area contributed by atoms with Crippen LogP contribution in [0.1, 0.15) is 11.1 Å². The number of aryl methyl sites for hydroxylation is 1. The quantitative estimate of drug-likeness (QED) is 0.467. The number of halogens is 1. The molecule has 5 nitrogen and oxygen atoms in total. The number of hydrogen-bond acceptors (Lipinski definition) is 4. The molecule has 0 saturated heterocycles. The molecule has 0 saturated carbocycles. The van der Waals surface area contributed by atoms with Crippen molar-refractivity contribution in [3.8, 4) is 11.5 Å². The maximum atomic E-state index is 11.9. The third-order valence-electron chi connectivity index (χ3n) is 4.03. The Kier molecular flexibility index (Phi) is 6.08. The topological polar surface area (TPSA) is 59.9 Å². The zero-order valence-electron chi connectivity index (χ0n) is 15.0. The van der Waals surface area contributed by atoms with Gasteiger partial charge in [0.15, 0.2) is 6.61 Å². The molecule has 0 heterocycles. The van der Waals surface area contributed by atoms with Gasteiger partial charge >= 0.3 is 0 Å². The van der Waals surface area contributed by atoms with E-state index in [1.54, 1.807) is 19.4 Å². The molecule has 0 aliphatic carbocycles. The minimum Gasteiger partial charge on any atom is -0.496 e. The van der Waals surface area contributed by atoms with E-state index in [4.69, 9.17) is 9.47 Å². The highest BCUT2D eigenvalue weighted by molar-refractivity contribution is 9.10. The van der Waals surface area contributed by atoms with Crippen LogP contribution in [0.5, 0.6) is 11.5 Å². The zero-order chi connectivity index (χ0) is 19.2. The number of nitrogens with zero attached hydrogens (tertiary/aromatic N) is 1. The SMILES string of the molecule is COc1ccc(C=NNC(=O)COc2ccc(Br)c(C)c2)c2ccccc12. The van der Waals surface area contributed by atoms with Crippen LogP contribution in [0, 0.1) is 6.92 Å². The summed E-state index contributed by atoms with van der Waals surface area (Å²) < 4.78 is 11.9. The minimum absolute atomic E-state index is 0.109. The van der Waals surface area contributed by atoms with Gasteiger partial charge in [0.05, 0.1) is 13.3 Å². The van der Waals surface area contributed by atoms with Crippen molar-refractivity contribution in [3.63, 3.8) is 0 Å². The Hall–Kier alpha value is -2.86. The standard InChI is InChI=1S/C21H19BrN2O3/c1-14-11-16(8-9-19(14)22)27-13-21(25)24-23-12-15-7-10-20(26-2)18-6-4-3-5-17(15)18/h3-12H,13H2,1-2H3,(H,24,25). The smallest absolute Gasteiger partial charge is 0.277 e. The van der Waals surface area contributed by atoms with Gasteiger partial charge in [0, 0.05) is 15.4 Å². The van der Waals surface area contributed by atoms with Gasteiger partial charge in [0.1, 0.15) is 11.5 Å². The Bertz CT molecular complexity index is 1000. The molecule has 6 heteroatoms. The number of fused-ring (bicyclic) bond motifs is 1. The zero-order valence-corrected chi connectivity index (χ0v) is 16.6. The largest absolute Gasteiger partial charge is 0.496 e. The minimum atomic E-state index is -0.329. The summed E-state index contributed by atoms with van der Waals surface area (Å²) >= 11 is 3.43. The highest BCUT2D eigenvalue weighted by atomic mass is 79.9. The molecule has 27 heavy (non-hydrogen) atoms. The number of hydrazone groups is 1. The second kappa shape index (κ2) is 8.68. The van der Waals surface area contributed by atoms with Crippen LogP contribution in [-0.4, -0.2) is 25.8 Å². The lowest BCUT2D eigenvalue weighted by Crippen LogP contribution is -2.24. The van der Waals surface area contributed by atoms with E-state index < -0.39 is 0 Å². The lowest BCUT2D eigenvalue weighted by Gasteiger charge is -2.08. The Morgan fingerprint density at radius 3 is 2.67 bits per heavy atom. The molecule has 0 aliphatic rings. The maximum absolute atomic E-state index is 11.9. The molecule has 3 rings (SSSR count). The van der Waals surface area contributed by atoms with Crippen LogP contribution in [0.15, 0.2) is 64.2 Å². The van der Waals surface area contributed by atoms with Crippen LogP contribution >= 0.6 is 15.9 Å². The molecule has 1 amide bonds. The van der Waals surface area contributed by atoms with Crippen LogP contribution in [0.2, 0.25) is 0 Å². The molecule has 138 valence electrons. The third-order valence-corrected chi connectivity index (χ3v) is 4.92. The van der Waals surface area contributed by atoms with Gasteiger partial charge in [-0.25, -0.2) is 5.43 Å². The molecule has 0 radical (unpaired) electrons. The Balaban J connectivity index is 1.62. The van der Waals surface area contributed by atoms with Crippen molar-refractivity contribution in [1.29, 1.82) is 0 Å². The summed E-state index contributed by atoms with van der Waals surface area (Å²) in [6.45, 7) is 1.85. The molecule has 0 atom stereocenters. The van der Waals surface area contributed by atoms with Gasteiger partial charge < -0.3 is 9.47 Å². The van der Waals surface area contributed by atoms with Crippen LogP contribution in [0.4, 0.5) is 0 Å². The van der Waals surface area contributed by atoms with Crippen molar-refractivity contribution in [3.05, 3.63) is 70.2 Å². The van der Waals surface area contributed by atoms with Gasteiger partial charge in [-0.2, -0.15) is 5.10 Å². The molecule has 0 unspecified atom stereocenters. The second-order valence-corrected chi connectivity index (χ2v) is 6.75. The first kappa shape index (κ1) is 18.9. The predicted molar refractivity (Wildman–Crippen MR) is 111 cm³/mol. The number of amides is 1. The molecule has 0 bridgehead atoms. The number of carbonyl (C=O) groups is 1. The fourth-order valence-corrected chi connectivity index (χ4v) is 2.89. The predicted octanol–water partition coefficient (Wildman–Crippen LogP) is 4.45. The highest BCUT2D eigenvalue weighted by Gasteiger charge is 2.05. The van der Waals surface area contributed by atoms with Crippen molar-refractivity contribution in [1.82, 2.24) is 5.43 Å². The molecule has 3 aromatic rings. The van der Waals surface area contributed by atoms with Crippen molar-refractivity contribution in [2.45, 2.75) is 6.92 Å². The van der Waals surface area contributed by atoms with Crippen LogP contribution in [-0.2, 0) is 4.79 Å². The van der Waals surface area contributed by atoms with E-state index in [1.807, 2.05) is 55.5 Å². The first-order valence-electron chi connectivity index (χ1n) is 8.35. The van der Waals surface area contributed by atoms with E-state index in [0.717, 1.165) is 32.1 Å². The van der Waals surface area contributed by atoms with Crippen molar-refractivity contribution >= 4 is 38.8 Å². The second-order valence-electron chi connectivity index (χ2n) is 5.90. The summed E-state index contributed by atoms with van der Waals surface area (Å²) in [7, 11) is 1.64. The third kappa shape index (κ3) is 4.65. The van der Waals surface area contributed by atoms with Crippen LogP contribution in [0.25, 0.3) is 10.8 Å². The summed E-state index contributed by atoms with van der Waals surface area (Å²) in [6.07, 6.45) is 1.61. The van der Waals surface area contributed by atoms with Gasteiger partial charge in [0.2, 0.25) is 0 Å². The average molecular weight is 427 g/mol. The molecule has 0 aromatic heterocycles. The average Bonchev–Trinajstić information content (AvgIpc) is 2.69. The summed E-state index contributed by atoms with van der Waals surface area (Å²) in [6, 6.07) is 17.2. The number of hydrogen-bond donors (Lipinski definition) is 1. The maximum Gasteiger partial charge on any atom is 0.277 e. The lowest BCUT2D eigenvalue weighted by atomic mass is 10.0. The monoisotopic (exact) mass is 426 g/mol. The van der Waals surface area contributed by atoms with Crippen molar-refractivity contribution in [2.24, 2.45) is 5.10 Å². The lowest BCUT2D eigenvalue weighted by molar-refractivity contribution is -0.123. The Labute approximate surface area is 166 Å². The van der Waals surface area contributed by atoms with E-state index in [2.05, 4.69) is 26.5 Å². The van der Waals surface area contributed by atoms with Crippen LogP contribution in [0.3, 0.4) is 0 Å². The Morgan fingerprint density at radius 2 is 1.93 bits per heavy atom. The van der Waals surface area contributed by atoms with E-state index in [1.165, 1.54) is 0 Å². The number of carbonyl (C=O) groups excluding carboxylic acids is 1. The van der Waals surface area contributed by atoms with E-state index in [0.29, 0.717) is 5.75 Å². The van der Waals surface area contributed by atoms with Gasteiger partial charge in [0.25, 0.3) is 5.91 Å². The van der Waals surface area contributed by atoms with Crippen LogP contribution < -0.4 is 14.9 Å². The fraction of sp³-hybridized carbons (Fsp3) is 0.143. The van der Waals surface area contributed by atoms with Gasteiger partial charge in [-0.15, -0.1) is 0 Å². The summed E-state index contributed by atoms with van der Waals surface area (Å²) in [5.74, 6) is 1.10. The van der Waals surface area contributed by atoms with Crippen molar-refractivity contribution in [2.75, 3.05) is 13.7 Å². The highest BCUT2D eigenvalue weighted by Crippen LogP contribution is 2.27. The first-order chi connectivity index (χ1) is 13.1. The number of rotatable bonds is 6. The molecular weight excluding hydrogens is 408 g/mol. The van der Waals surface area contributed by atoms with Gasteiger partial charge in [-0.05, 0) is 48.2 Å². The van der Waals surface area contributed by atoms with E-state index >= 15 is 0 Å². The summed E-state index contributed by atoms with van der Waals surface area (Å²) in [5, 5.41) is 6.02. The molecule has 3 aromatic carbocycles. The number of benzene rings is 3. The molecule has 0 aliphatic heterocycles. The number of ether oxygens (including phenoxy) is 2. The Morgan fingerprint density at radius 1 is 1.15 bits per heavy atom. The first-order valence-corrected chi connectivity index (χ1v) is 9.14. The molecular formula is C21H19BrN2O3. The molecule has 0 fully saturated rings. The number of methoxy groups -OCH3 is 1. The normalized spacial score (nSPS) is 10.9. The van der Waals surface area contributed by atoms with Gasteiger partial charge in [-0.3, -0.25) is 4.79 Å². The number of nitrogens with one attached hydrogen (secondary N) is 1. The van der Waals surface area contributed by atoms with E-state index in [9.17, 15) is 4.79 Å². The fourth-order valence-electron chi connectivity index (χ4n) is 2.65. The van der Waals surface area contributed by atoms with E-state index in [-0.39, 0.29) is 12.5 Å².